The summed E-state index contributed by atoms with van der Waals surface area (Å²) in [5.74, 6) is -0.490. The number of benzene rings is 2. The minimum absolute atomic E-state index is 0.144. The molecule has 0 aromatic heterocycles. The minimum Gasteiger partial charge on any atom is -0.344 e. The Hall–Kier alpha value is -0.780. The summed E-state index contributed by atoms with van der Waals surface area (Å²) in [5, 5.41) is 2.82. The van der Waals surface area contributed by atoms with Crippen molar-refractivity contribution in [2.45, 2.75) is 51.3 Å². The molecule has 0 saturated carbocycles. The third kappa shape index (κ3) is 4.93. The Balaban J connectivity index is 1.88. The molecule has 1 fully saturated rings. The Morgan fingerprint density at radius 3 is 2.00 bits per heavy atom. The highest BCUT2D eigenvalue weighted by Gasteiger charge is 2.44. The molecule has 1 aliphatic rings. The summed E-state index contributed by atoms with van der Waals surface area (Å²) < 4.78 is 12.7. The minimum atomic E-state index is -0.490. The number of hydrogen-bond donors (Lipinski definition) is 0. The van der Waals surface area contributed by atoms with Crippen LogP contribution in [-0.4, -0.2) is 36.0 Å². The largest absolute Gasteiger partial charge is 0.344 e. The first kappa shape index (κ1) is 20.0. The van der Waals surface area contributed by atoms with Crippen LogP contribution >= 0.6 is 16.5 Å². The Bertz CT molecular complexity index is 636. The van der Waals surface area contributed by atoms with Crippen molar-refractivity contribution in [3.63, 3.8) is 0 Å². The van der Waals surface area contributed by atoms with Crippen LogP contribution in [0.2, 0.25) is 0 Å². The van der Waals surface area contributed by atoms with Gasteiger partial charge in [0.25, 0.3) is 0 Å². The van der Waals surface area contributed by atoms with Gasteiger partial charge in [-0.15, -0.1) is 8.58 Å². The van der Waals surface area contributed by atoms with Gasteiger partial charge in [0.15, 0.2) is 5.79 Å². The smallest absolute Gasteiger partial charge is 0.163 e. The van der Waals surface area contributed by atoms with E-state index in [4.69, 9.17) is 9.47 Å². The summed E-state index contributed by atoms with van der Waals surface area (Å²) in [7, 11) is 0.451. The van der Waals surface area contributed by atoms with Gasteiger partial charge in [-0.25, -0.2) is 0 Å². The van der Waals surface area contributed by atoms with Gasteiger partial charge in [0, 0.05) is 11.8 Å². The molecule has 4 heteroatoms. The lowest BCUT2D eigenvalue weighted by Gasteiger charge is -2.27. The van der Waals surface area contributed by atoms with E-state index >= 15 is 0 Å². The van der Waals surface area contributed by atoms with Gasteiger partial charge < -0.3 is 9.47 Å². The molecule has 0 amide bonds. The predicted molar refractivity (Wildman–Crippen MR) is 116 cm³/mol. The SMILES string of the molecule is CCPC(C)[C@H]1OC(C)(C)OC1CP(c1ccccc1)c1ccccc1. The number of ether oxygens (including phenoxy) is 2. The average molecular weight is 388 g/mol. The molecule has 3 rings (SSSR count). The molecule has 140 valence electrons. The van der Waals surface area contributed by atoms with Gasteiger partial charge >= 0.3 is 0 Å². The van der Waals surface area contributed by atoms with E-state index in [9.17, 15) is 0 Å². The van der Waals surface area contributed by atoms with Crippen molar-refractivity contribution in [1.82, 2.24) is 0 Å². The first-order valence-electron chi connectivity index (χ1n) is 9.47. The van der Waals surface area contributed by atoms with Crippen LogP contribution in [0.15, 0.2) is 60.7 Å². The first-order chi connectivity index (χ1) is 12.5. The van der Waals surface area contributed by atoms with Crippen LogP contribution < -0.4 is 10.6 Å². The normalized spacial score (nSPS) is 23.7. The van der Waals surface area contributed by atoms with Gasteiger partial charge in [0.2, 0.25) is 0 Å². The molecule has 0 N–H and O–H groups in total. The molecule has 0 radical (unpaired) electrons. The van der Waals surface area contributed by atoms with Gasteiger partial charge in [-0.3, -0.25) is 0 Å². The lowest BCUT2D eigenvalue weighted by atomic mass is 10.2. The average Bonchev–Trinajstić information content (AvgIpc) is 2.96. The summed E-state index contributed by atoms with van der Waals surface area (Å²) in [4.78, 5) is 0. The molecule has 4 atom stereocenters. The summed E-state index contributed by atoms with van der Waals surface area (Å²) in [6, 6.07) is 21.8. The Kier molecular flexibility index (Phi) is 6.87. The fourth-order valence-electron chi connectivity index (χ4n) is 3.62. The molecule has 1 aliphatic heterocycles. The zero-order valence-electron chi connectivity index (χ0n) is 16.2. The lowest BCUT2D eigenvalue weighted by molar-refractivity contribution is -0.144. The summed E-state index contributed by atoms with van der Waals surface area (Å²) in [6.45, 7) is 8.67. The maximum atomic E-state index is 6.40. The Morgan fingerprint density at radius 2 is 1.50 bits per heavy atom. The summed E-state index contributed by atoms with van der Waals surface area (Å²) >= 11 is 0. The van der Waals surface area contributed by atoms with Crippen LogP contribution in [0, 0.1) is 0 Å². The fraction of sp³-hybridized carbons (Fsp3) is 0.455. The van der Waals surface area contributed by atoms with Crippen LogP contribution in [0.25, 0.3) is 0 Å². The molecule has 0 spiro atoms. The molecule has 26 heavy (non-hydrogen) atoms. The van der Waals surface area contributed by atoms with E-state index in [0.29, 0.717) is 5.66 Å². The van der Waals surface area contributed by atoms with E-state index in [1.54, 1.807) is 0 Å². The maximum Gasteiger partial charge on any atom is 0.163 e. The van der Waals surface area contributed by atoms with E-state index in [0.717, 1.165) is 14.7 Å². The van der Waals surface area contributed by atoms with Crippen LogP contribution in [0.3, 0.4) is 0 Å². The molecule has 1 saturated heterocycles. The molecular weight excluding hydrogens is 358 g/mol. The van der Waals surface area contributed by atoms with Crippen molar-refractivity contribution in [3.8, 4) is 0 Å². The molecule has 3 unspecified atom stereocenters. The van der Waals surface area contributed by atoms with Crippen molar-refractivity contribution in [2.75, 3.05) is 12.3 Å². The zero-order chi connectivity index (χ0) is 18.6. The molecule has 2 aromatic rings. The van der Waals surface area contributed by atoms with Crippen molar-refractivity contribution in [2.24, 2.45) is 0 Å². The third-order valence-electron chi connectivity index (χ3n) is 4.74. The van der Waals surface area contributed by atoms with Crippen LogP contribution in [-0.2, 0) is 9.47 Å². The van der Waals surface area contributed by atoms with Gasteiger partial charge in [-0.2, -0.15) is 0 Å². The predicted octanol–water partition coefficient (Wildman–Crippen LogP) is 4.73. The van der Waals surface area contributed by atoms with Gasteiger partial charge in [0.05, 0.1) is 12.2 Å². The summed E-state index contributed by atoms with van der Waals surface area (Å²) in [6.07, 6.45) is 2.54. The molecular formula is C22H30O2P2. The van der Waals surface area contributed by atoms with E-state index in [2.05, 4.69) is 88.4 Å². The topological polar surface area (TPSA) is 18.5 Å². The quantitative estimate of drug-likeness (QED) is 0.639. The number of hydrogen-bond acceptors (Lipinski definition) is 2. The monoisotopic (exact) mass is 388 g/mol. The molecule has 2 nitrogen and oxygen atoms in total. The Morgan fingerprint density at radius 1 is 0.962 bits per heavy atom. The number of rotatable bonds is 7. The zero-order valence-corrected chi connectivity index (χ0v) is 18.1. The van der Waals surface area contributed by atoms with Gasteiger partial charge in [-0.05, 0) is 38.5 Å². The van der Waals surface area contributed by atoms with Gasteiger partial charge in [-0.1, -0.05) is 74.5 Å². The highest BCUT2D eigenvalue weighted by molar-refractivity contribution is 7.73. The highest BCUT2D eigenvalue weighted by atomic mass is 31.1. The fourth-order valence-corrected chi connectivity index (χ4v) is 7.21. The van der Waals surface area contributed by atoms with E-state index in [1.807, 2.05) is 0 Å². The van der Waals surface area contributed by atoms with Crippen LogP contribution in [0.1, 0.15) is 27.7 Å². The van der Waals surface area contributed by atoms with Crippen molar-refractivity contribution in [3.05, 3.63) is 60.7 Å². The first-order valence-corrected chi connectivity index (χ1v) is 12.3. The van der Waals surface area contributed by atoms with Crippen molar-refractivity contribution in [1.29, 1.82) is 0 Å². The molecule has 1 heterocycles. The molecule has 0 aliphatic carbocycles. The molecule has 2 aromatic carbocycles. The van der Waals surface area contributed by atoms with Crippen molar-refractivity contribution >= 4 is 27.1 Å². The standard InChI is InChI=1S/C22H30O2P2/c1-5-25-17(2)21-20(23-22(3,4)24-21)16-26(18-12-8-6-9-13-18)19-14-10-7-11-15-19/h6-15,17,20-21,25H,5,16H2,1-4H3/t17?,20?,21-/m1/s1. The second kappa shape index (κ2) is 8.94. The highest BCUT2D eigenvalue weighted by Crippen LogP contribution is 2.42. The maximum absolute atomic E-state index is 6.40. The van der Waals surface area contributed by atoms with Crippen LogP contribution in [0.4, 0.5) is 0 Å². The molecule has 0 bridgehead atoms. The van der Waals surface area contributed by atoms with E-state index in [1.165, 1.54) is 16.8 Å². The van der Waals surface area contributed by atoms with E-state index in [-0.39, 0.29) is 12.2 Å². The van der Waals surface area contributed by atoms with E-state index < -0.39 is 13.7 Å². The summed E-state index contributed by atoms with van der Waals surface area (Å²) in [5.41, 5.74) is 0.537. The third-order valence-corrected chi connectivity index (χ3v) is 8.69. The second-order valence-corrected chi connectivity index (χ2v) is 11.5. The lowest BCUT2D eigenvalue weighted by Crippen LogP contribution is -2.35. The second-order valence-electron chi connectivity index (χ2n) is 7.27. The van der Waals surface area contributed by atoms with Crippen LogP contribution in [0.5, 0.6) is 0 Å². The van der Waals surface area contributed by atoms with Gasteiger partial charge in [0.1, 0.15) is 0 Å². The Labute approximate surface area is 161 Å². The van der Waals surface area contributed by atoms with Crippen molar-refractivity contribution < 1.29 is 9.47 Å².